The highest BCUT2D eigenvalue weighted by Crippen LogP contribution is 2.20. The van der Waals surface area contributed by atoms with Crippen LogP contribution >= 0.6 is 11.6 Å². The summed E-state index contributed by atoms with van der Waals surface area (Å²) in [6, 6.07) is 4.01. The van der Waals surface area contributed by atoms with Gasteiger partial charge < -0.3 is 15.0 Å². The summed E-state index contributed by atoms with van der Waals surface area (Å²) < 4.78 is 32.4. The van der Waals surface area contributed by atoms with E-state index in [1.807, 2.05) is 0 Å². The van der Waals surface area contributed by atoms with E-state index in [2.05, 4.69) is 10.0 Å². The number of hydrogen-bond donors (Lipinski definition) is 2. The molecule has 0 aromatic heterocycles. The minimum absolute atomic E-state index is 0.0313. The summed E-state index contributed by atoms with van der Waals surface area (Å²) >= 11 is 6.06. The number of methoxy groups -OCH3 is 1. The fraction of sp³-hybridized carbons (Fsp3) is 0.556. The molecular formula is C18H26ClN3O5S. The second kappa shape index (κ2) is 10.8. The van der Waals surface area contributed by atoms with Crippen LogP contribution in [0.1, 0.15) is 36.0 Å². The van der Waals surface area contributed by atoms with Crippen LogP contribution in [0, 0.1) is 0 Å². The maximum Gasteiger partial charge on any atom is 0.252 e. The molecule has 8 nitrogen and oxygen atoms in total. The van der Waals surface area contributed by atoms with Crippen LogP contribution in [-0.2, 0) is 19.6 Å². The van der Waals surface area contributed by atoms with Gasteiger partial charge in [-0.3, -0.25) is 9.59 Å². The monoisotopic (exact) mass is 431 g/mol. The average molecular weight is 432 g/mol. The zero-order valence-electron chi connectivity index (χ0n) is 15.9. The Kier molecular flexibility index (Phi) is 8.68. The number of amides is 2. The number of likely N-dealkylation sites (tertiary alicyclic amines) is 1. The van der Waals surface area contributed by atoms with Crippen LogP contribution in [0.15, 0.2) is 23.1 Å². The number of carbonyl (C=O) groups is 2. The van der Waals surface area contributed by atoms with Crippen molar-refractivity contribution in [1.29, 1.82) is 0 Å². The molecule has 1 saturated heterocycles. The lowest BCUT2D eigenvalue weighted by Crippen LogP contribution is -2.31. The molecule has 1 aromatic rings. The molecule has 1 aliphatic heterocycles. The minimum atomic E-state index is -3.78. The molecule has 1 aromatic carbocycles. The van der Waals surface area contributed by atoms with E-state index in [9.17, 15) is 18.0 Å². The normalized spacial score (nSPS) is 14.5. The third-order valence-corrected chi connectivity index (χ3v) is 6.16. The summed E-state index contributed by atoms with van der Waals surface area (Å²) in [5.74, 6) is -0.326. The molecule has 1 aliphatic rings. The van der Waals surface area contributed by atoms with E-state index in [4.69, 9.17) is 16.3 Å². The Morgan fingerprint density at radius 3 is 2.75 bits per heavy atom. The van der Waals surface area contributed by atoms with Crippen molar-refractivity contribution in [2.75, 3.05) is 39.9 Å². The molecule has 28 heavy (non-hydrogen) atoms. The zero-order chi connectivity index (χ0) is 20.6. The van der Waals surface area contributed by atoms with Gasteiger partial charge in [0.2, 0.25) is 15.9 Å². The number of nitrogens with one attached hydrogen (secondary N) is 2. The van der Waals surface area contributed by atoms with Gasteiger partial charge in [0, 0.05) is 46.3 Å². The molecule has 0 atom stereocenters. The van der Waals surface area contributed by atoms with E-state index in [0.29, 0.717) is 39.0 Å². The van der Waals surface area contributed by atoms with Crippen LogP contribution in [0.5, 0.6) is 0 Å². The van der Waals surface area contributed by atoms with Crippen LogP contribution in [-0.4, -0.2) is 65.0 Å². The lowest BCUT2D eigenvalue weighted by molar-refractivity contribution is -0.127. The van der Waals surface area contributed by atoms with E-state index in [1.54, 1.807) is 12.0 Å². The second-order valence-corrected chi connectivity index (χ2v) is 8.65. The standard InChI is InChI=1S/C18H26ClN3O5S/c1-27-12-4-8-20-18(24)15-13-14(6-7-16(15)19)28(25,26)21-9-3-11-22-10-2-5-17(22)23/h6-7,13,21H,2-5,8-12H2,1H3,(H,20,24). The lowest BCUT2D eigenvalue weighted by atomic mass is 10.2. The number of carbonyl (C=O) groups excluding carboxylic acids is 2. The first-order valence-electron chi connectivity index (χ1n) is 9.19. The van der Waals surface area contributed by atoms with Crippen molar-refractivity contribution in [1.82, 2.24) is 14.9 Å². The minimum Gasteiger partial charge on any atom is -0.385 e. The molecule has 10 heteroatoms. The van der Waals surface area contributed by atoms with Gasteiger partial charge in [0.05, 0.1) is 15.5 Å². The van der Waals surface area contributed by atoms with Crippen LogP contribution in [0.25, 0.3) is 0 Å². The maximum atomic E-state index is 12.5. The summed E-state index contributed by atoms with van der Waals surface area (Å²) in [6.45, 7) is 2.36. The fourth-order valence-corrected chi connectivity index (χ4v) is 4.16. The topological polar surface area (TPSA) is 105 Å². The van der Waals surface area contributed by atoms with Gasteiger partial charge in [-0.05, 0) is 37.5 Å². The van der Waals surface area contributed by atoms with E-state index >= 15 is 0 Å². The highest BCUT2D eigenvalue weighted by atomic mass is 35.5. The van der Waals surface area contributed by atoms with E-state index in [1.165, 1.54) is 18.2 Å². The molecule has 2 amide bonds. The van der Waals surface area contributed by atoms with Gasteiger partial charge in [-0.25, -0.2) is 13.1 Å². The summed E-state index contributed by atoms with van der Waals surface area (Å²) in [6.07, 6.45) is 2.57. The molecular weight excluding hydrogens is 406 g/mol. The Hall–Kier alpha value is -1.68. The predicted molar refractivity (Wildman–Crippen MR) is 106 cm³/mol. The van der Waals surface area contributed by atoms with Gasteiger partial charge in [-0.15, -0.1) is 0 Å². The highest BCUT2D eigenvalue weighted by Gasteiger charge is 2.21. The van der Waals surface area contributed by atoms with E-state index < -0.39 is 15.9 Å². The van der Waals surface area contributed by atoms with Crippen LogP contribution < -0.4 is 10.0 Å². The van der Waals surface area contributed by atoms with Crippen molar-refractivity contribution < 1.29 is 22.7 Å². The summed E-state index contributed by atoms with van der Waals surface area (Å²) in [7, 11) is -2.21. The molecule has 0 radical (unpaired) electrons. The fourth-order valence-electron chi connectivity index (χ4n) is 2.86. The molecule has 0 bridgehead atoms. The average Bonchev–Trinajstić information content (AvgIpc) is 3.07. The Morgan fingerprint density at radius 2 is 2.07 bits per heavy atom. The van der Waals surface area contributed by atoms with Gasteiger partial charge in [-0.1, -0.05) is 11.6 Å². The molecule has 0 spiro atoms. The van der Waals surface area contributed by atoms with Gasteiger partial charge in [-0.2, -0.15) is 0 Å². The zero-order valence-corrected chi connectivity index (χ0v) is 17.4. The Bertz CT molecular complexity index is 800. The molecule has 0 aliphatic carbocycles. The van der Waals surface area contributed by atoms with Crippen molar-refractivity contribution in [3.8, 4) is 0 Å². The van der Waals surface area contributed by atoms with Crippen LogP contribution in [0.2, 0.25) is 5.02 Å². The number of sulfonamides is 1. The summed E-state index contributed by atoms with van der Waals surface area (Å²) in [5.41, 5.74) is 0.102. The molecule has 2 rings (SSSR count). The highest BCUT2D eigenvalue weighted by molar-refractivity contribution is 7.89. The van der Waals surface area contributed by atoms with E-state index in [-0.39, 0.29) is 27.9 Å². The van der Waals surface area contributed by atoms with Gasteiger partial charge in [0.25, 0.3) is 5.91 Å². The Labute approximate surface area is 170 Å². The number of ether oxygens (including phenoxy) is 1. The summed E-state index contributed by atoms with van der Waals surface area (Å²) in [5, 5.41) is 2.86. The largest absolute Gasteiger partial charge is 0.385 e. The first-order valence-corrected chi connectivity index (χ1v) is 11.1. The number of benzene rings is 1. The van der Waals surface area contributed by atoms with Gasteiger partial charge >= 0.3 is 0 Å². The smallest absolute Gasteiger partial charge is 0.252 e. The van der Waals surface area contributed by atoms with E-state index in [0.717, 1.165) is 13.0 Å². The van der Waals surface area contributed by atoms with Crippen molar-refractivity contribution in [3.63, 3.8) is 0 Å². The lowest BCUT2D eigenvalue weighted by Gasteiger charge is -2.15. The van der Waals surface area contributed by atoms with Gasteiger partial charge in [0.1, 0.15) is 0 Å². The molecule has 1 heterocycles. The van der Waals surface area contributed by atoms with Crippen molar-refractivity contribution in [2.45, 2.75) is 30.6 Å². The summed E-state index contributed by atoms with van der Waals surface area (Å²) in [4.78, 5) is 25.5. The maximum absolute atomic E-state index is 12.5. The number of nitrogens with zero attached hydrogens (tertiary/aromatic N) is 1. The molecule has 1 fully saturated rings. The first-order chi connectivity index (χ1) is 13.3. The van der Waals surface area contributed by atoms with Crippen LogP contribution in [0.4, 0.5) is 0 Å². The quantitative estimate of drug-likeness (QED) is 0.515. The molecule has 2 N–H and O–H groups in total. The SMILES string of the molecule is COCCCNC(=O)c1cc(S(=O)(=O)NCCCN2CCCC2=O)ccc1Cl. The molecule has 0 unspecified atom stereocenters. The van der Waals surface area contributed by atoms with Crippen molar-refractivity contribution in [3.05, 3.63) is 28.8 Å². The number of halogens is 1. The number of rotatable bonds is 11. The molecule has 0 saturated carbocycles. The number of hydrogen-bond acceptors (Lipinski definition) is 5. The van der Waals surface area contributed by atoms with Gasteiger partial charge in [0.15, 0.2) is 0 Å². The Balaban J connectivity index is 1.93. The van der Waals surface area contributed by atoms with Crippen LogP contribution in [0.3, 0.4) is 0 Å². The first kappa shape index (κ1) is 22.6. The Morgan fingerprint density at radius 1 is 1.29 bits per heavy atom. The predicted octanol–water partition coefficient (Wildman–Crippen LogP) is 1.40. The third-order valence-electron chi connectivity index (χ3n) is 4.37. The third kappa shape index (κ3) is 6.44. The van der Waals surface area contributed by atoms with Crippen molar-refractivity contribution in [2.24, 2.45) is 0 Å². The second-order valence-electron chi connectivity index (χ2n) is 6.48. The van der Waals surface area contributed by atoms with Crippen molar-refractivity contribution >= 4 is 33.4 Å². The molecule has 156 valence electrons.